The predicted molar refractivity (Wildman–Crippen MR) is 75.1 cm³/mol. The van der Waals surface area contributed by atoms with E-state index in [2.05, 4.69) is 4.72 Å². The van der Waals surface area contributed by atoms with Crippen molar-refractivity contribution in [3.8, 4) is 0 Å². The van der Waals surface area contributed by atoms with Crippen molar-refractivity contribution in [2.75, 3.05) is 5.73 Å². The summed E-state index contributed by atoms with van der Waals surface area (Å²) >= 11 is 0. The number of hydrogen-bond acceptors (Lipinski definition) is 3. The van der Waals surface area contributed by atoms with Crippen LogP contribution < -0.4 is 10.5 Å². The van der Waals surface area contributed by atoms with Gasteiger partial charge in [-0.25, -0.2) is 13.1 Å². The van der Waals surface area contributed by atoms with Crippen LogP contribution in [0.3, 0.4) is 0 Å². The minimum absolute atomic E-state index is 0.115. The topological polar surface area (TPSA) is 72.2 Å². The average Bonchev–Trinajstić information content (AvgIpc) is 2.93. The predicted octanol–water partition coefficient (Wildman–Crippen LogP) is 2.04. The standard InChI is InChI=1S/C14H20N2O2S/c1-9-2-5-12(15)8-14(9)19(17,18)16-13-7-10-3-4-11(13)6-10/h2,5,8,10-11,13,16H,3-4,6-7,15H2,1H3. The first-order valence-corrected chi connectivity index (χ1v) is 8.32. The summed E-state index contributed by atoms with van der Waals surface area (Å²) in [6.45, 7) is 1.80. The lowest BCUT2D eigenvalue weighted by molar-refractivity contribution is 0.390. The number of nitrogen functional groups attached to an aromatic ring is 1. The van der Waals surface area contributed by atoms with Crippen molar-refractivity contribution in [3.05, 3.63) is 23.8 Å². The molecule has 3 rings (SSSR count). The molecule has 2 aliphatic rings. The maximum absolute atomic E-state index is 12.5. The Hall–Kier alpha value is -1.07. The van der Waals surface area contributed by atoms with Gasteiger partial charge in [-0.2, -0.15) is 0 Å². The molecule has 3 unspecified atom stereocenters. The van der Waals surface area contributed by atoms with E-state index in [-0.39, 0.29) is 6.04 Å². The molecule has 19 heavy (non-hydrogen) atoms. The molecule has 0 aromatic heterocycles. The number of rotatable bonds is 3. The fraction of sp³-hybridized carbons (Fsp3) is 0.571. The van der Waals surface area contributed by atoms with Crippen LogP contribution in [0.15, 0.2) is 23.1 Å². The van der Waals surface area contributed by atoms with Gasteiger partial charge in [0.15, 0.2) is 0 Å². The summed E-state index contributed by atoms with van der Waals surface area (Å²) in [5.74, 6) is 1.25. The Morgan fingerprint density at radius 2 is 2.05 bits per heavy atom. The summed E-state index contributed by atoms with van der Waals surface area (Å²) < 4.78 is 27.8. The van der Waals surface area contributed by atoms with E-state index in [1.165, 1.54) is 12.8 Å². The average molecular weight is 280 g/mol. The van der Waals surface area contributed by atoms with Crippen molar-refractivity contribution < 1.29 is 8.42 Å². The van der Waals surface area contributed by atoms with E-state index < -0.39 is 10.0 Å². The van der Waals surface area contributed by atoms with Gasteiger partial charge in [0.25, 0.3) is 0 Å². The molecule has 2 saturated carbocycles. The molecule has 2 bridgehead atoms. The Kier molecular flexibility index (Phi) is 3.06. The van der Waals surface area contributed by atoms with Gasteiger partial charge in [-0.3, -0.25) is 0 Å². The lowest BCUT2D eigenvalue weighted by Gasteiger charge is -2.23. The third kappa shape index (κ3) is 2.37. The molecule has 0 aliphatic heterocycles. The molecule has 0 spiro atoms. The molecule has 104 valence electrons. The van der Waals surface area contributed by atoms with Crippen LogP contribution in [0.1, 0.15) is 31.2 Å². The van der Waals surface area contributed by atoms with Crippen molar-refractivity contribution in [1.82, 2.24) is 4.72 Å². The van der Waals surface area contributed by atoms with E-state index in [0.717, 1.165) is 24.3 Å². The second-order valence-corrected chi connectivity index (χ2v) is 7.61. The Balaban J connectivity index is 1.85. The molecule has 3 N–H and O–H groups in total. The lowest BCUT2D eigenvalue weighted by Crippen LogP contribution is -2.38. The van der Waals surface area contributed by atoms with E-state index >= 15 is 0 Å². The first-order valence-electron chi connectivity index (χ1n) is 6.84. The van der Waals surface area contributed by atoms with E-state index in [0.29, 0.717) is 16.5 Å². The molecule has 0 heterocycles. The van der Waals surface area contributed by atoms with Crippen molar-refractivity contribution in [2.45, 2.75) is 43.5 Å². The Bertz CT molecular complexity index is 597. The van der Waals surface area contributed by atoms with Gasteiger partial charge in [0.2, 0.25) is 10.0 Å². The van der Waals surface area contributed by atoms with Gasteiger partial charge in [-0.1, -0.05) is 12.5 Å². The second kappa shape index (κ2) is 4.49. The quantitative estimate of drug-likeness (QED) is 0.832. The van der Waals surface area contributed by atoms with Crippen LogP contribution in [0, 0.1) is 18.8 Å². The highest BCUT2D eigenvalue weighted by atomic mass is 32.2. The molecule has 2 fully saturated rings. The fourth-order valence-electron chi connectivity index (χ4n) is 3.56. The summed E-state index contributed by atoms with van der Waals surface area (Å²) in [6, 6.07) is 5.14. The number of sulfonamides is 1. The highest BCUT2D eigenvalue weighted by molar-refractivity contribution is 7.89. The molecule has 0 radical (unpaired) electrons. The molecule has 1 aromatic carbocycles. The van der Waals surface area contributed by atoms with Gasteiger partial charge in [0.1, 0.15) is 0 Å². The number of anilines is 1. The molecule has 0 amide bonds. The monoisotopic (exact) mass is 280 g/mol. The highest BCUT2D eigenvalue weighted by Crippen LogP contribution is 2.44. The Morgan fingerprint density at radius 3 is 2.68 bits per heavy atom. The zero-order chi connectivity index (χ0) is 13.6. The van der Waals surface area contributed by atoms with E-state index in [4.69, 9.17) is 5.73 Å². The smallest absolute Gasteiger partial charge is 0.241 e. The molecular formula is C14H20N2O2S. The van der Waals surface area contributed by atoms with Gasteiger partial charge in [0.05, 0.1) is 4.90 Å². The first kappa shape index (κ1) is 12.9. The van der Waals surface area contributed by atoms with Crippen LogP contribution in [0.4, 0.5) is 5.69 Å². The van der Waals surface area contributed by atoms with Crippen LogP contribution >= 0.6 is 0 Å². The summed E-state index contributed by atoms with van der Waals surface area (Å²) in [4.78, 5) is 0.315. The first-order chi connectivity index (χ1) is 8.95. The number of nitrogens with two attached hydrogens (primary N) is 1. The number of nitrogens with one attached hydrogen (secondary N) is 1. The maximum Gasteiger partial charge on any atom is 0.241 e. The van der Waals surface area contributed by atoms with E-state index in [1.807, 2.05) is 0 Å². The third-order valence-electron chi connectivity index (χ3n) is 4.55. The van der Waals surface area contributed by atoms with Crippen molar-refractivity contribution >= 4 is 15.7 Å². The lowest BCUT2D eigenvalue weighted by atomic mass is 9.96. The molecule has 4 nitrogen and oxygen atoms in total. The van der Waals surface area contributed by atoms with Crippen LogP contribution in [0.25, 0.3) is 0 Å². The Morgan fingerprint density at radius 1 is 1.26 bits per heavy atom. The summed E-state index contributed by atoms with van der Waals surface area (Å²) in [5.41, 5.74) is 6.93. The molecule has 1 aromatic rings. The van der Waals surface area contributed by atoms with E-state index in [9.17, 15) is 8.42 Å². The highest BCUT2D eigenvalue weighted by Gasteiger charge is 2.41. The Labute approximate surface area is 114 Å². The SMILES string of the molecule is Cc1ccc(N)cc1S(=O)(=O)NC1CC2CCC1C2. The van der Waals surface area contributed by atoms with Gasteiger partial charge >= 0.3 is 0 Å². The third-order valence-corrected chi connectivity index (χ3v) is 6.18. The molecule has 2 aliphatic carbocycles. The van der Waals surface area contributed by atoms with Crippen molar-refractivity contribution in [2.24, 2.45) is 11.8 Å². The molecular weight excluding hydrogens is 260 g/mol. The van der Waals surface area contributed by atoms with Crippen molar-refractivity contribution in [1.29, 1.82) is 0 Å². The summed E-state index contributed by atoms with van der Waals surface area (Å²) in [5, 5.41) is 0. The largest absolute Gasteiger partial charge is 0.399 e. The summed E-state index contributed by atoms with van der Waals surface area (Å²) in [6.07, 6.45) is 4.60. The number of benzene rings is 1. The van der Waals surface area contributed by atoms with E-state index in [1.54, 1.807) is 25.1 Å². The van der Waals surface area contributed by atoms with Gasteiger partial charge < -0.3 is 5.73 Å². The van der Waals surface area contributed by atoms with Crippen LogP contribution in [-0.4, -0.2) is 14.5 Å². The fourth-order valence-corrected chi connectivity index (χ4v) is 5.16. The minimum atomic E-state index is -3.45. The number of hydrogen-bond donors (Lipinski definition) is 2. The normalized spacial score (nSPS) is 29.8. The molecule has 0 saturated heterocycles. The van der Waals surface area contributed by atoms with Crippen molar-refractivity contribution in [3.63, 3.8) is 0 Å². The zero-order valence-corrected chi connectivity index (χ0v) is 11.9. The minimum Gasteiger partial charge on any atom is -0.399 e. The second-order valence-electron chi connectivity index (χ2n) is 5.93. The molecule has 3 atom stereocenters. The van der Waals surface area contributed by atoms with Gasteiger partial charge in [0, 0.05) is 11.7 Å². The van der Waals surface area contributed by atoms with Crippen LogP contribution in [0.2, 0.25) is 0 Å². The van der Waals surface area contributed by atoms with Crippen LogP contribution in [0.5, 0.6) is 0 Å². The zero-order valence-electron chi connectivity index (χ0n) is 11.1. The van der Waals surface area contributed by atoms with Gasteiger partial charge in [-0.15, -0.1) is 0 Å². The maximum atomic E-state index is 12.5. The van der Waals surface area contributed by atoms with Gasteiger partial charge in [-0.05, 0) is 55.7 Å². The summed E-state index contributed by atoms with van der Waals surface area (Å²) in [7, 11) is -3.45. The number of fused-ring (bicyclic) bond motifs is 2. The number of aryl methyl sites for hydroxylation is 1. The van der Waals surface area contributed by atoms with Crippen LogP contribution in [-0.2, 0) is 10.0 Å². The molecule has 5 heteroatoms.